The molecule has 2 rings (SSSR count). The van der Waals surface area contributed by atoms with Crippen LogP contribution in [0.25, 0.3) is 0 Å². The molecule has 0 unspecified atom stereocenters. The summed E-state index contributed by atoms with van der Waals surface area (Å²) in [6.45, 7) is 1.64. The van der Waals surface area contributed by atoms with E-state index in [4.69, 9.17) is 5.26 Å². The minimum atomic E-state index is -0.485. The fourth-order valence-electron chi connectivity index (χ4n) is 2.74. The fraction of sp³-hybridized carbons (Fsp3) is 0.500. The molecule has 6 nitrogen and oxygen atoms in total. The van der Waals surface area contributed by atoms with Gasteiger partial charge in [0.1, 0.15) is 0 Å². The number of aliphatic hydroxyl groups excluding tert-OH is 1. The summed E-state index contributed by atoms with van der Waals surface area (Å²) in [5, 5.41) is 32.9. The third kappa shape index (κ3) is 2.58. The van der Waals surface area contributed by atoms with Crippen LogP contribution in [0.3, 0.4) is 0 Å². The predicted octanol–water partition coefficient (Wildman–Crippen LogP) is 2.49. The lowest BCUT2D eigenvalue weighted by Gasteiger charge is -2.30. The number of nitrogens with one attached hydrogen (secondary N) is 1. The highest BCUT2D eigenvalue weighted by Gasteiger charge is 2.34. The number of nitriles is 1. The Balaban J connectivity index is 2.43. The van der Waals surface area contributed by atoms with Crippen molar-refractivity contribution in [2.45, 2.75) is 38.1 Å². The van der Waals surface area contributed by atoms with Crippen LogP contribution in [0.15, 0.2) is 12.1 Å². The first-order valence-electron chi connectivity index (χ1n) is 6.59. The van der Waals surface area contributed by atoms with E-state index < -0.39 is 10.5 Å². The first kappa shape index (κ1) is 14.3. The molecule has 0 amide bonds. The molecular formula is C14H17N3O3. The molecule has 1 aromatic carbocycles. The smallest absolute Gasteiger partial charge is 0.275 e. The molecule has 1 fully saturated rings. The minimum absolute atomic E-state index is 0.0168. The Hall–Kier alpha value is -2.13. The van der Waals surface area contributed by atoms with E-state index in [1.807, 2.05) is 6.07 Å². The number of nitrogens with zero attached hydrogens (tertiary/aromatic N) is 2. The van der Waals surface area contributed by atoms with Crippen LogP contribution in [-0.4, -0.2) is 22.2 Å². The summed E-state index contributed by atoms with van der Waals surface area (Å²) in [5.74, 6) is 0. The van der Waals surface area contributed by atoms with Crippen LogP contribution >= 0.6 is 0 Å². The van der Waals surface area contributed by atoms with E-state index in [0.717, 1.165) is 25.7 Å². The van der Waals surface area contributed by atoms with Gasteiger partial charge in [-0.3, -0.25) is 10.1 Å². The van der Waals surface area contributed by atoms with Crippen molar-refractivity contribution < 1.29 is 10.0 Å². The molecule has 0 heterocycles. The zero-order chi connectivity index (χ0) is 14.8. The van der Waals surface area contributed by atoms with Gasteiger partial charge in [-0.25, -0.2) is 0 Å². The van der Waals surface area contributed by atoms with Gasteiger partial charge in [0.05, 0.1) is 28.7 Å². The van der Waals surface area contributed by atoms with Crippen molar-refractivity contribution >= 4 is 11.4 Å². The van der Waals surface area contributed by atoms with E-state index in [2.05, 4.69) is 5.32 Å². The van der Waals surface area contributed by atoms with E-state index in [1.54, 1.807) is 13.0 Å². The minimum Gasteiger partial charge on any atom is -0.394 e. The van der Waals surface area contributed by atoms with Gasteiger partial charge in [-0.2, -0.15) is 5.26 Å². The second-order valence-electron chi connectivity index (χ2n) is 5.31. The molecule has 1 aliphatic rings. The van der Waals surface area contributed by atoms with Crippen LogP contribution in [0, 0.1) is 28.4 Å². The molecule has 1 aliphatic carbocycles. The van der Waals surface area contributed by atoms with Gasteiger partial charge in [0.25, 0.3) is 5.69 Å². The molecule has 6 heteroatoms. The maximum absolute atomic E-state index is 11.0. The summed E-state index contributed by atoms with van der Waals surface area (Å²) in [6.07, 6.45) is 3.69. The summed E-state index contributed by atoms with van der Waals surface area (Å²) in [6, 6.07) is 4.83. The SMILES string of the molecule is Cc1c(NC2(CO)CCCC2)cc(C#N)cc1[N+](=O)[O-]. The lowest BCUT2D eigenvalue weighted by molar-refractivity contribution is -0.385. The second-order valence-corrected chi connectivity index (χ2v) is 5.31. The summed E-state index contributed by atoms with van der Waals surface area (Å²) in [5.41, 5.74) is 0.807. The monoisotopic (exact) mass is 275 g/mol. The number of hydrogen-bond donors (Lipinski definition) is 2. The second kappa shape index (κ2) is 5.47. The molecule has 0 radical (unpaired) electrons. The Morgan fingerprint density at radius 1 is 1.50 bits per heavy atom. The average molecular weight is 275 g/mol. The third-order valence-electron chi connectivity index (χ3n) is 3.97. The zero-order valence-corrected chi connectivity index (χ0v) is 11.3. The van der Waals surface area contributed by atoms with Crippen molar-refractivity contribution in [2.75, 3.05) is 11.9 Å². The van der Waals surface area contributed by atoms with Gasteiger partial charge >= 0.3 is 0 Å². The van der Waals surface area contributed by atoms with Crippen molar-refractivity contribution in [1.29, 1.82) is 5.26 Å². The van der Waals surface area contributed by atoms with Gasteiger partial charge in [-0.1, -0.05) is 12.8 Å². The molecule has 1 saturated carbocycles. The lowest BCUT2D eigenvalue weighted by atomic mass is 9.97. The van der Waals surface area contributed by atoms with E-state index in [9.17, 15) is 15.2 Å². The molecule has 2 N–H and O–H groups in total. The van der Waals surface area contributed by atoms with Crippen LogP contribution < -0.4 is 5.32 Å². The third-order valence-corrected chi connectivity index (χ3v) is 3.97. The Morgan fingerprint density at radius 3 is 2.65 bits per heavy atom. The summed E-state index contributed by atoms with van der Waals surface area (Å²) in [7, 11) is 0. The topological polar surface area (TPSA) is 99.2 Å². The maximum Gasteiger partial charge on any atom is 0.275 e. The Labute approximate surface area is 117 Å². The normalized spacial score (nSPS) is 16.6. The highest BCUT2D eigenvalue weighted by molar-refractivity contribution is 5.65. The maximum atomic E-state index is 11.0. The lowest BCUT2D eigenvalue weighted by Crippen LogP contribution is -2.39. The van der Waals surface area contributed by atoms with E-state index >= 15 is 0 Å². The molecule has 0 saturated heterocycles. The van der Waals surface area contributed by atoms with Gasteiger partial charge in [0, 0.05) is 17.3 Å². The highest BCUT2D eigenvalue weighted by atomic mass is 16.6. The molecule has 0 atom stereocenters. The van der Waals surface area contributed by atoms with Crippen molar-refractivity contribution in [3.63, 3.8) is 0 Å². The van der Waals surface area contributed by atoms with Crippen LogP contribution in [0.4, 0.5) is 11.4 Å². The van der Waals surface area contributed by atoms with Gasteiger partial charge in [0.2, 0.25) is 0 Å². The van der Waals surface area contributed by atoms with Gasteiger partial charge in [-0.05, 0) is 25.8 Å². The number of nitro benzene ring substituents is 1. The van der Waals surface area contributed by atoms with Gasteiger partial charge < -0.3 is 10.4 Å². The number of benzene rings is 1. The number of nitro groups is 1. The molecule has 0 aliphatic heterocycles. The molecule has 1 aromatic rings. The quantitative estimate of drug-likeness (QED) is 0.649. The molecule has 0 aromatic heterocycles. The fourth-order valence-corrected chi connectivity index (χ4v) is 2.74. The summed E-state index contributed by atoms with van der Waals surface area (Å²) < 4.78 is 0. The van der Waals surface area contributed by atoms with E-state index in [0.29, 0.717) is 11.3 Å². The standard InChI is InChI=1S/C14H17N3O3/c1-10-12(16-14(9-18)4-2-3-5-14)6-11(8-15)7-13(10)17(19)20/h6-7,16,18H,2-5,9H2,1H3. The van der Waals surface area contributed by atoms with Gasteiger partial charge in [-0.15, -0.1) is 0 Å². The Morgan fingerprint density at radius 2 is 2.15 bits per heavy atom. The average Bonchev–Trinajstić information content (AvgIpc) is 2.90. The summed E-state index contributed by atoms with van der Waals surface area (Å²) in [4.78, 5) is 10.6. The van der Waals surface area contributed by atoms with Crippen molar-refractivity contribution in [3.8, 4) is 6.07 Å². The van der Waals surface area contributed by atoms with Crippen LogP contribution in [-0.2, 0) is 0 Å². The zero-order valence-electron chi connectivity index (χ0n) is 11.3. The number of hydrogen-bond acceptors (Lipinski definition) is 5. The molecule has 0 spiro atoms. The number of aliphatic hydroxyl groups is 1. The van der Waals surface area contributed by atoms with Crippen LogP contribution in [0.2, 0.25) is 0 Å². The van der Waals surface area contributed by atoms with Crippen molar-refractivity contribution in [3.05, 3.63) is 33.4 Å². The molecule has 20 heavy (non-hydrogen) atoms. The number of rotatable bonds is 4. The molecular weight excluding hydrogens is 258 g/mol. The highest BCUT2D eigenvalue weighted by Crippen LogP contribution is 2.36. The van der Waals surface area contributed by atoms with Crippen LogP contribution in [0.1, 0.15) is 36.8 Å². The molecule has 0 bridgehead atoms. The Bertz CT molecular complexity index is 572. The Kier molecular flexibility index (Phi) is 3.91. The largest absolute Gasteiger partial charge is 0.394 e. The van der Waals surface area contributed by atoms with Crippen LogP contribution in [0.5, 0.6) is 0 Å². The first-order chi connectivity index (χ1) is 9.51. The van der Waals surface area contributed by atoms with Crippen molar-refractivity contribution in [2.24, 2.45) is 0 Å². The first-order valence-corrected chi connectivity index (χ1v) is 6.59. The van der Waals surface area contributed by atoms with E-state index in [-0.39, 0.29) is 17.9 Å². The molecule has 106 valence electrons. The number of anilines is 1. The van der Waals surface area contributed by atoms with Gasteiger partial charge in [0.15, 0.2) is 0 Å². The summed E-state index contributed by atoms with van der Waals surface area (Å²) >= 11 is 0. The van der Waals surface area contributed by atoms with Crippen molar-refractivity contribution in [1.82, 2.24) is 0 Å². The predicted molar refractivity (Wildman–Crippen MR) is 74.5 cm³/mol. The van der Waals surface area contributed by atoms with E-state index in [1.165, 1.54) is 6.07 Å².